The van der Waals surface area contributed by atoms with E-state index < -0.39 is 21.8 Å². The Morgan fingerprint density at radius 3 is 2.21 bits per heavy atom. The van der Waals surface area contributed by atoms with Crippen LogP contribution in [0.5, 0.6) is 0 Å². The van der Waals surface area contributed by atoms with Crippen LogP contribution in [0.1, 0.15) is 26.7 Å². The first-order valence-corrected chi connectivity index (χ1v) is 7.05. The topological polar surface area (TPSA) is 34.1 Å². The highest BCUT2D eigenvalue weighted by Crippen LogP contribution is 2.28. The van der Waals surface area contributed by atoms with Gasteiger partial charge < -0.3 is 0 Å². The molecule has 0 aromatic carbocycles. The van der Waals surface area contributed by atoms with Gasteiger partial charge in [0.25, 0.3) is 0 Å². The van der Waals surface area contributed by atoms with E-state index in [1.54, 1.807) is 12.2 Å². The standard InChI is InChI=1S/C14H17Cl3O2/c1-3-11(2)8-6-4-5-7-9-12(18)10-13(19)14(15,16)17/h4-9,11H,3,10H2,1-2H3/b5-4+,8-6+,9-7+/t11-/m0/s1. The van der Waals surface area contributed by atoms with Gasteiger partial charge >= 0.3 is 0 Å². The maximum absolute atomic E-state index is 11.4. The Kier molecular flexibility index (Phi) is 9.07. The Morgan fingerprint density at radius 2 is 1.68 bits per heavy atom. The fourth-order valence-electron chi connectivity index (χ4n) is 0.998. The third-order valence-electron chi connectivity index (χ3n) is 2.35. The van der Waals surface area contributed by atoms with Crippen molar-refractivity contribution in [2.24, 2.45) is 5.92 Å². The van der Waals surface area contributed by atoms with Crippen molar-refractivity contribution in [2.45, 2.75) is 30.5 Å². The first-order chi connectivity index (χ1) is 8.77. The molecule has 0 aromatic heterocycles. The van der Waals surface area contributed by atoms with Crippen LogP contribution in [0.3, 0.4) is 0 Å². The van der Waals surface area contributed by atoms with Crippen molar-refractivity contribution in [3.05, 3.63) is 36.5 Å². The second-order valence-electron chi connectivity index (χ2n) is 4.08. The first kappa shape index (κ1) is 18.4. The monoisotopic (exact) mass is 322 g/mol. The molecule has 0 saturated heterocycles. The third kappa shape index (κ3) is 9.94. The van der Waals surface area contributed by atoms with Crippen molar-refractivity contribution >= 4 is 46.4 Å². The molecule has 0 rings (SSSR count). The average Bonchev–Trinajstić information content (AvgIpc) is 2.31. The van der Waals surface area contributed by atoms with E-state index in [4.69, 9.17) is 34.8 Å². The fraction of sp³-hybridized carbons (Fsp3) is 0.429. The van der Waals surface area contributed by atoms with Crippen LogP contribution in [0.15, 0.2) is 36.5 Å². The summed E-state index contributed by atoms with van der Waals surface area (Å²) in [4.78, 5) is 22.6. The van der Waals surface area contributed by atoms with Crippen LogP contribution >= 0.6 is 34.8 Å². The molecule has 5 heteroatoms. The van der Waals surface area contributed by atoms with Gasteiger partial charge in [0.05, 0.1) is 6.42 Å². The lowest BCUT2D eigenvalue weighted by atomic mass is 10.1. The predicted octanol–water partition coefficient (Wildman–Crippen LogP) is 4.60. The third-order valence-corrected chi connectivity index (χ3v) is 2.98. The molecule has 0 aliphatic heterocycles. The minimum Gasteiger partial charge on any atom is -0.294 e. The average molecular weight is 324 g/mol. The van der Waals surface area contributed by atoms with Gasteiger partial charge in [-0.2, -0.15) is 0 Å². The van der Waals surface area contributed by atoms with E-state index in [0.717, 1.165) is 6.42 Å². The molecule has 0 aliphatic carbocycles. The lowest BCUT2D eigenvalue weighted by Gasteiger charge is -2.06. The van der Waals surface area contributed by atoms with Crippen molar-refractivity contribution in [3.8, 4) is 0 Å². The summed E-state index contributed by atoms with van der Waals surface area (Å²) >= 11 is 16.1. The lowest BCUT2D eigenvalue weighted by molar-refractivity contribution is -0.124. The Balaban J connectivity index is 4.14. The summed E-state index contributed by atoms with van der Waals surface area (Å²) in [6.07, 6.45) is 11.0. The number of allylic oxidation sites excluding steroid dienone is 6. The maximum Gasteiger partial charge on any atom is 0.249 e. The van der Waals surface area contributed by atoms with E-state index in [-0.39, 0.29) is 0 Å². The summed E-state index contributed by atoms with van der Waals surface area (Å²) in [6, 6.07) is 0. The molecule has 0 radical (unpaired) electrons. The Morgan fingerprint density at radius 1 is 1.11 bits per heavy atom. The van der Waals surface area contributed by atoms with Crippen LogP contribution in [-0.2, 0) is 9.59 Å². The van der Waals surface area contributed by atoms with Crippen molar-refractivity contribution in [1.82, 2.24) is 0 Å². The molecule has 0 amide bonds. The van der Waals surface area contributed by atoms with E-state index in [1.807, 2.05) is 12.2 Å². The van der Waals surface area contributed by atoms with Gasteiger partial charge in [0, 0.05) is 0 Å². The second kappa shape index (κ2) is 9.35. The Hall–Kier alpha value is -0.570. The zero-order chi connectivity index (χ0) is 14.9. The SMILES string of the molecule is CC[C@H](C)/C=C/C=C/C=C/C(=O)CC(=O)C(Cl)(Cl)Cl. The summed E-state index contributed by atoms with van der Waals surface area (Å²) in [5.41, 5.74) is 0. The van der Waals surface area contributed by atoms with Crippen molar-refractivity contribution < 1.29 is 9.59 Å². The molecule has 0 fully saturated rings. The van der Waals surface area contributed by atoms with Crippen LogP contribution in [0.25, 0.3) is 0 Å². The highest BCUT2D eigenvalue weighted by Gasteiger charge is 2.31. The van der Waals surface area contributed by atoms with Gasteiger partial charge in [-0.3, -0.25) is 9.59 Å². The van der Waals surface area contributed by atoms with Gasteiger partial charge in [0.15, 0.2) is 11.6 Å². The molecule has 0 N–H and O–H groups in total. The number of hydrogen-bond donors (Lipinski definition) is 0. The van der Waals surface area contributed by atoms with E-state index in [0.29, 0.717) is 5.92 Å². The Bertz CT molecular complexity index is 390. The maximum atomic E-state index is 11.4. The van der Waals surface area contributed by atoms with E-state index in [1.165, 1.54) is 6.08 Å². The summed E-state index contributed by atoms with van der Waals surface area (Å²) < 4.78 is -2.03. The number of carbonyl (C=O) groups excluding carboxylic acids is 2. The van der Waals surface area contributed by atoms with Crippen molar-refractivity contribution in [3.63, 3.8) is 0 Å². The van der Waals surface area contributed by atoms with Crippen LogP contribution in [0, 0.1) is 5.92 Å². The van der Waals surface area contributed by atoms with Gasteiger partial charge in [-0.05, 0) is 12.0 Å². The molecule has 106 valence electrons. The summed E-state index contributed by atoms with van der Waals surface area (Å²) in [5.74, 6) is -0.600. The molecule has 19 heavy (non-hydrogen) atoms. The summed E-state index contributed by atoms with van der Waals surface area (Å²) in [5, 5.41) is 0. The normalized spacial score (nSPS) is 14.6. The quantitative estimate of drug-likeness (QED) is 0.297. The van der Waals surface area contributed by atoms with Crippen molar-refractivity contribution in [1.29, 1.82) is 0 Å². The van der Waals surface area contributed by atoms with E-state index in [9.17, 15) is 9.59 Å². The number of ketones is 2. The number of alkyl halides is 3. The zero-order valence-corrected chi connectivity index (χ0v) is 13.2. The number of rotatable bonds is 7. The predicted molar refractivity (Wildman–Crippen MR) is 81.8 cm³/mol. The molecule has 0 aromatic rings. The molecule has 1 atom stereocenters. The minimum atomic E-state index is -2.03. The summed E-state index contributed by atoms with van der Waals surface area (Å²) in [7, 11) is 0. The molecule has 0 bridgehead atoms. The number of Topliss-reactive ketones (excluding diaryl/α,β-unsaturated/α-hetero) is 1. The molecule has 0 saturated carbocycles. The highest BCUT2D eigenvalue weighted by molar-refractivity contribution is 6.76. The summed E-state index contributed by atoms with van der Waals surface area (Å²) in [6.45, 7) is 4.23. The van der Waals surface area contributed by atoms with Gasteiger partial charge in [-0.1, -0.05) is 85.5 Å². The molecular weight excluding hydrogens is 307 g/mol. The van der Waals surface area contributed by atoms with Crippen LogP contribution < -0.4 is 0 Å². The van der Waals surface area contributed by atoms with E-state index in [2.05, 4.69) is 19.9 Å². The first-order valence-electron chi connectivity index (χ1n) is 5.91. The highest BCUT2D eigenvalue weighted by atomic mass is 35.6. The zero-order valence-electron chi connectivity index (χ0n) is 10.9. The lowest BCUT2D eigenvalue weighted by Crippen LogP contribution is -2.21. The van der Waals surface area contributed by atoms with Gasteiger partial charge in [0.2, 0.25) is 3.79 Å². The molecule has 0 spiro atoms. The number of hydrogen-bond acceptors (Lipinski definition) is 2. The van der Waals surface area contributed by atoms with Crippen LogP contribution in [0.4, 0.5) is 0 Å². The number of carbonyl (C=O) groups is 2. The molecule has 2 nitrogen and oxygen atoms in total. The molecule has 0 unspecified atom stereocenters. The van der Waals surface area contributed by atoms with E-state index >= 15 is 0 Å². The largest absolute Gasteiger partial charge is 0.294 e. The van der Waals surface area contributed by atoms with Crippen LogP contribution in [0.2, 0.25) is 0 Å². The minimum absolute atomic E-state index is 0.396. The molecular formula is C14H17Cl3O2. The fourth-order valence-corrected chi connectivity index (χ4v) is 1.20. The molecule has 0 aliphatic rings. The second-order valence-corrected chi connectivity index (χ2v) is 6.36. The Labute approximate surface area is 129 Å². The van der Waals surface area contributed by atoms with Crippen LogP contribution in [-0.4, -0.2) is 15.4 Å². The van der Waals surface area contributed by atoms with Gasteiger partial charge in [0.1, 0.15) is 0 Å². The molecule has 0 heterocycles. The van der Waals surface area contributed by atoms with Gasteiger partial charge in [-0.15, -0.1) is 0 Å². The smallest absolute Gasteiger partial charge is 0.249 e. The number of halogens is 3. The van der Waals surface area contributed by atoms with Gasteiger partial charge in [-0.25, -0.2) is 0 Å². The van der Waals surface area contributed by atoms with Crippen molar-refractivity contribution in [2.75, 3.05) is 0 Å².